The van der Waals surface area contributed by atoms with Crippen molar-refractivity contribution in [3.8, 4) is 18.1 Å². The van der Waals surface area contributed by atoms with Gasteiger partial charge in [0.1, 0.15) is 5.75 Å². The van der Waals surface area contributed by atoms with Crippen molar-refractivity contribution < 1.29 is 22.7 Å². The summed E-state index contributed by atoms with van der Waals surface area (Å²) in [5, 5.41) is 2.73. The average Bonchev–Trinajstić information content (AvgIpc) is 2.77. The Morgan fingerprint density at radius 3 is 2.52 bits per heavy atom. The van der Waals surface area contributed by atoms with E-state index < -0.39 is 17.7 Å². The van der Waals surface area contributed by atoms with Gasteiger partial charge in [0.05, 0.1) is 18.6 Å². The number of anilines is 1. The van der Waals surface area contributed by atoms with Crippen LogP contribution in [0.2, 0.25) is 0 Å². The molecule has 0 fully saturated rings. The molecular formula is C21H18F3NO2. The Morgan fingerprint density at radius 1 is 1.22 bits per heavy atom. The van der Waals surface area contributed by atoms with Gasteiger partial charge in [-0.2, -0.15) is 13.2 Å². The van der Waals surface area contributed by atoms with E-state index in [0.717, 1.165) is 17.7 Å². The number of methoxy groups -OCH3 is 1. The minimum Gasteiger partial charge on any atom is -0.497 e. The van der Waals surface area contributed by atoms with E-state index >= 15 is 0 Å². The third-order valence-corrected chi connectivity index (χ3v) is 4.83. The molecule has 1 amide bonds. The second-order valence-electron chi connectivity index (χ2n) is 6.46. The van der Waals surface area contributed by atoms with Crippen molar-refractivity contribution in [2.24, 2.45) is 5.92 Å². The van der Waals surface area contributed by atoms with E-state index in [1.165, 1.54) is 6.07 Å². The molecule has 0 unspecified atom stereocenters. The van der Waals surface area contributed by atoms with Crippen LogP contribution in [0, 0.1) is 18.3 Å². The Labute approximate surface area is 155 Å². The molecule has 140 valence electrons. The maximum Gasteiger partial charge on any atom is 0.416 e. The molecule has 0 spiro atoms. The number of hydrogen-bond acceptors (Lipinski definition) is 2. The summed E-state index contributed by atoms with van der Waals surface area (Å²) >= 11 is 0. The number of fused-ring (bicyclic) bond motifs is 1. The first kappa shape index (κ1) is 18.8. The molecule has 2 atom stereocenters. The van der Waals surface area contributed by atoms with E-state index in [1.54, 1.807) is 19.2 Å². The number of ether oxygens (including phenoxy) is 1. The smallest absolute Gasteiger partial charge is 0.416 e. The Kier molecular flexibility index (Phi) is 5.13. The number of rotatable bonds is 3. The lowest BCUT2D eigenvalue weighted by Crippen LogP contribution is -2.26. The highest BCUT2D eigenvalue weighted by Crippen LogP contribution is 2.39. The predicted octanol–water partition coefficient (Wildman–Crippen LogP) is 4.63. The zero-order valence-corrected chi connectivity index (χ0v) is 14.6. The SMILES string of the molecule is C#CC[C@@H]1C(=O)Nc2ccc(C(F)(F)F)cc2C[C@@H]1c1ccc(OC)cc1. The van der Waals surface area contributed by atoms with Crippen molar-refractivity contribution in [2.45, 2.75) is 24.9 Å². The van der Waals surface area contributed by atoms with Crippen LogP contribution in [0.15, 0.2) is 42.5 Å². The average molecular weight is 373 g/mol. The van der Waals surface area contributed by atoms with Gasteiger partial charge in [0.15, 0.2) is 0 Å². The van der Waals surface area contributed by atoms with Gasteiger partial charge in [-0.15, -0.1) is 12.3 Å². The summed E-state index contributed by atoms with van der Waals surface area (Å²) < 4.78 is 44.5. The number of terminal acetylenes is 1. The van der Waals surface area contributed by atoms with E-state index in [-0.39, 0.29) is 24.7 Å². The first-order valence-corrected chi connectivity index (χ1v) is 8.42. The maximum atomic E-state index is 13.1. The first-order valence-electron chi connectivity index (χ1n) is 8.42. The largest absolute Gasteiger partial charge is 0.497 e. The molecule has 0 aromatic heterocycles. The van der Waals surface area contributed by atoms with Crippen molar-refractivity contribution in [3.63, 3.8) is 0 Å². The van der Waals surface area contributed by atoms with Crippen LogP contribution in [-0.4, -0.2) is 13.0 Å². The molecule has 27 heavy (non-hydrogen) atoms. The van der Waals surface area contributed by atoms with Crippen LogP contribution in [0.3, 0.4) is 0 Å². The molecule has 1 N–H and O–H groups in total. The number of carbonyl (C=O) groups excluding carboxylic acids is 1. The van der Waals surface area contributed by atoms with Gasteiger partial charge in [0.2, 0.25) is 5.91 Å². The highest BCUT2D eigenvalue weighted by molar-refractivity contribution is 5.95. The highest BCUT2D eigenvalue weighted by atomic mass is 19.4. The summed E-state index contributed by atoms with van der Waals surface area (Å²) in [6, 6.07) is 10.5. The van der Waals surface area contributed by atoms with E-state index in [0.29, 0.717) is 17.0 Å². The summed E-state index contributed by atoms with van der Waals surface area (Å²) in [6.45, 7) is 0. The van der Waals surface area contributed by atoms with E-state index in [9.17, 15) is 18.0 Å². The van der Waals surface area contributed by atoms with Gasteiger partial charge in [-0.05, 0) is 47.9 Å². The molecule has 3 nitrogen and oxygen atoms in total. The number of nitrogens with one attached hydrogen (secondary N) is 1. The third-order valence-electron chi connectivity index (χ3n) is 4.83. The zero-order valence-electron chi connectivity index (χ0n) is 14.6. The van der Waals surface area contributed by atoms with Crippen LogP contribution in [0.5, 0.6) is 5.75 Å². The van der Waals surface area contributed by atoms with Gasteiger partial charge in [0.25, 0.3) is 0 Å². The van der Waals surface area contributed by atoms with Crippen LogP contribution in [0.4, 0.5) is 18.9 Å². The monoisotopic (exact) mass is 373 g/mol. The van der Waals surface area contributed by atoms with Crippen molar-refractivity contribution >= 4 is 11.6 Å². The number of hydrogen-bond donors (Lipinski definition) is 1. The van der Waals surface area contributed by atoms with Gasteiger partial charge in [-0.25, -0.2) is 0 Å². The lowest BCUT2D eigenvalue weighted by Gasteiger charge is -2.23. The minimum atomic E-state index is -4.45. The molecule has 6 heteroatoms. The predicted molar refractivity (Wildman–Crippen MR) is 96.5 cm³/mol. The Morgan fingerprint density at radius 2 is 1.93 bits per heavy atom. The minimum absolute atomic E-state index is 0.197. The molecule has 0 saturated carbocycles. The first-order chi connectivity index (χ1) is 12.8. The molecule has 1 heterocycles. The molecule has 1 aliphatic heterocycles. The van der Waals surface area contributed by atoms with Gasteiger partial charge < -0.3 is 10.1 Å². The molecule has 0 bridgehead atoms. The molecular weight excluding hydrogens is 355 g/mol. The van der Waals surface area contributed by atoms with Crippen molar-refractivity contribution in [2.75, 3.05) is 12.4 Å². The van der Waals surface area contributed by atoms with E-state index in [2.05, 4.69) is 11.2 Å². The summed E-state index contributed by atoms with van der Waals surface area (Å²) in [7, 11) is 1.55. The van der Waals surface area contributed by atoms with E-state index in [1.807, 2.05) is 12.1 Å². The number of carbonyl (C=O) groups is 1. The maximum absolute atomic E-state index is 13.1. The van der Waals surface area contributed by atoms with Crippen molar-refractivity contribution in [1.29, 1.82) is 0 Å². The molecule has 3 rings (SSSR count). The van der Waals surface area contributed by atoms with Crippen molar-refractivity contribution in [3.05, 3.63) is 59.2 Å². The zero-order chi connectivity index (χ0) is 19.6. The van der Waals surface area contributed by atoms with Gasteiger partial charge in [-0.1, -0.05) is 12.1 Å². The fraction of sp³-hybridized carbons (Fsp3) is 0.286. The molecule has 2 aromatic carbocycles. The second-order valence-corrected chi connectivity index (χ2v) is 6.46. The number of alkyl halides is 3. The summed E-state index contributed by atoms with van der Waals surface area (Å²) in [6.07, 6.45) is 1.47. The number of amides is 1. The Balaban J connectivity index is 2.06. The molecule has 1 aliphatic rings. The van der Waals surface area contributed by atoms with Crippen LogP contribution in [0.25, 0.3) is 0 Å². The third kappa shape index (κ3) is 3.92. The lowest BCUT2D eigenvalue weighted by molar-refractivity contribution is -0.137. The van der Waals surface area contributed by atoms with Crippen LogP contribution in [-0.2, 0) is 17.4 Å². The Bertz CT molecular complexity index is 882. The normalized spacial score (nSPS) is 19.4. The summed E-state index contributed by atoms with van der Waals surface area (Å²) in [5.74, 6) is 2.01. The highest BCUT2D eigenvalue weighted by Gasteiger charge is 2.35. The lowest BCUT2D eigenvalue weighted by atomic mass is 9.80. The van der Waals surface area contributed by atoms with Gasteiger partial charge in [0, 0.05) is 18.0 Å². The van der Waals surface area contributed by atoms with Gasteiger partial charge in [-0.3, -0.25) is 4.79 Å². The van der Waals surface area contributed by atoms with Crippen LogP contribution < -0.4 is 10.1 Å². The fourth-order valence-corrected chi connectivity index (χ4v) is 3.41. The standard InChI is InChI=1S/C21H18F3NO2/c1-3-4-17-18(13-5-8-16(27-2)9-6-13)12-14-11-15(21(22,23)24)7-10-19(14)25-20(17)26/h1,5-11,17-18H,4,12H2,2H3,(H,25,26)/t17-,18+/m0/s1. The van der Waals surface area contributed by atoms with E-state index in [4.69, 9.17) is 11.2 Å². The fourth-order valence-electron chi connectivity index (χ4n) is 3.41. The van der Waals surface area contributed by atoms with Gasteiger partial charge >= 0.3 is 6.18 Å². The van der Waals surface area contributed by atoms with Crippen LogP contribution in [0.1, 0.15) is 29.0 Å². The molecule has 2 aromatic rings. The topological polar surface area (TPSA) is 38.3 Å². The summed E-state index contributed by atoms with van der Waals surface area (Å²) in [5.41, 5.74) is 0.931. The summed E-state index contributed by atoms with van der Waals surface area (Å²) in [4.78, 5) is 12.7. The molecule has 0 saturated heterocycles. The van der Waals surface area contributed by atoms with Crippen molar-refractivity contribution in [1.82, 2.24) is 0 Å². The molecule has 0 radical (unpaired) electrons. The number of benzene rings is 2. The quantitative estimate of drug-likeness (QED) is 0.797. The second kappa shape index (κ2) is 7.36. The number of halogens is 3. The Hall–Kier alpha value is -2.94. The molecule has 0 aliphatic carbocycles. The van der Waals surface area contributed by atoms with Crippen LogP contribution >= 0.6 is 0 Å².